The molecule has 3 heterocycles. The number of rotatable bonds is 3. The van der Waals surface area contributed by atoms with E-state index in [9.17, 15) is 0 Å². The van der Waals surface area contributed by atoms with Crippen molar-refractivity contribution in [3.05, 3.63) is 6.33 Å². The molecule has 1 saturated heterocycles. The molecule has 108 valence electrons. The predicted octanol–water partition coefficient (Wildman–Crippen LogP) is 0.901. The van der Waals surface area contributed by atoms with Gasteiger partial charge in [0.05, 0.1) is 0 Å². The minimum absolute atomic E-state index is 0.189. The topological polar surface area (TPSA) is 82.1 Å². The highest BCUT2D eigenvalue weighted by Crippen LogP contribution is 2.29. The van der Waals surface area contributed by atoms with E-state index in [2.05, 4.69) is 27.0 Å². The summed E-state index contributed by atoms with van der Waals surface area (Å²) in [4.78, 5) is 10.6. The molecule has 0 aromatic carbocycles. The van der Waals surface area contributed by atoms with Crippen molar-refractivity contribution in [2.75, 3.05) is 25.9 Å². The number of ether oxygens (including phenoxy) is 1. The van der Waals surface area contributed by atoms with Crippen molar-refractivity contribution >= 4 is 16.9 Å². The third-order valence-electron chi connectivity index (χ3n) is 3.77. The Bertz CT molecular complexity index is 602. The second kappa shape index (κ2) is 5.24. The molecule has 3 rings (SSSR count). The Morgan fingerprint density at radius 3 is 2.80 bits per heavy atom. The van der Waals surface area contributed by atoms with Crippen LogP contribution in [0.25, 0.3) is 11.0 Å². The first-order valence-corrected chi connectivity index (χ1v) is 7.01. The van der Waals surface area contributed by atoms with Gasteiger partial charge in [-0.3, -0.25) is 0 Å². The number of aromatic nitrogens is 4. The lowest BCUT2D eigenvalue weighted by Gasteiger charge is -2.28. The number of piperidine rings is 1. The van der Waals surface area contributed by atoms with E-state index < -0.39 is 0 Å². The molecular weight excluding hydrogens is 256 g/mol. The van der Waals surface area contributed by atoms with Gasteiger partial charge in [-0.25, -0.2) is 14.6 Å². The van der Waals surface area contributed by atoms with Crippen molar-refractivity contribution in [1.82, 2.24) is 24.6 Å². The molecule has 2 aromatic heterocycles. The van der Waals surface area contributed by atoms with E-state index in [0.717, 1.165) is 43.5 Å². The molecule has 1 fully saturated rings. The molecule has 0 amide bonds. The molecule has 7 heteroatoms. The molecule has 2 aromatic rings. The van der Waals surface area contributed by atoms with Crippen LogP contribution in [0.3, 0.4) is 0 Å². The maximum atomic E-state index is 6.06. The van der Waals surface area contributed by atoms with Gasteiger partial charge in [-0.2, -0.15) is 0 Å². The van der Waals surface area contributed by atoms with Crippen LogP contribution in [0.15, 0.2) is 6.33 Å². The summed E-state index contributed by atoms with van der Waals surface area (Å²) in [5, 5.41) is 5.21. The largest absolute Gasteiger partial charge is 0.473 e. The quantitative estimate of drug-likeness (QED) is 0.897. The highest BCUT2D eigenvalue weighted by molar-refractivity contribution is 5.90. The Hall–Kier alpha value is -1.89. The fourth-order valence-corrected chi connectivity index (χ4v) is 2.56. The molecule has 7 nitrogen and oxygen atoms in total. The van der Waals surface area contributed by atoms with Gasteiger partial charge in [0, 0.05) is 19.6 Å². The van der Waals surface area contributed by atoms with Crippen molar-refractivity contribution in [3.63, 3.8) is 0 Å². The van der Waals surface area contributed by atoms with Crippen LogP contribution in [0.1, 0.15) is 19.8 Å². The number of nitrogens with two attached hydrogens (primary N) is 1. The van der Waals surface area contributed by atoms with Crippen molar-refractivity contribution in [2.45, 2.75) is 32.4 Å². The second-order valence-electron chi connectivity index (χ2n) is 5.20. The van der Waals surface area contributed by atoms with Crippen LogP contribution >= 0.6 is 0 Å². The zero-order valence-electron chi connectivity index (χ0n) is 11.9. The van der Waals surface area contributed by atoms with E-state index in [-0.39, 0.29) is 6.10 Å². The summed E-state index contributed by atoms with van der Waals surface area (Å²) in [6.07, 6.45) is 3.66. The summed E-state index contributed by atoms with van der Waals surface area (Å²) in [6.45, 7) is 4.83. The molecule has 0 spiro atoms. The van der Waals surface area contributed by atoms with E-state index in [1.807, 2.05) is 6.92 Å². The minimum Gasteiger partial charge on any atom is -0.473 e. The molecule has 0 aliphatic carbocycles. The Morgan fingerprint density at radius 2 is 2.10 bits per heavy atom. The monoisotopic (exact) mass is 276 g/mol. The van der Waals surface area contributed by atoms with Crippen LogP contribution in [0.2, 0.25) is 0 Å². The Labute approximate surface area is 117 Å². The maximum Gasteiger partial charge on any atom is 0.246 e. The van der Waals surface area contributed by atoms with Crippen LogP contribution in [-0.4, -0.2) is 50.9 Å². The number of likely N-dealkylation sites (tertiary alicyclic amines) is 1. The van der Waals surface area contributed by atoms with Gasteiger partial charge in [0.1, 0.15) is 23.6 Å². The van der Waals surface area contributed by atoms with Gasteiger partial charge in [-0.05, 0) is 26.8 Å². The normalized spacial score (nSPS) is 17.7. The van der Waals surface area contributed by atoms with Gasteiger partial charge < -0.3 is 15.4 Å². The standard InChI is InChI=1S/C13H20N6O/c1-3-19-12-10(11(14)15-8-16-12)13(17-19)20-9-4-6-18(2)7-5-9/h8-9H,3-7H2,1-2H3,(H2,14,15,16). The van der Waals surface area contributed by atoms with Crippen LogP contribution in [0.4, 0.5) is 5.82 Å². The minimum atomic E-state index is 0.189. The van der Waals surface area contributed by atoms with E-state index >= 15 is 0 Å². The Morgan fingerprint density at radius 1 is 1.35 bits per heavy atom. The first kappa shape index (κ1) is 13.1. The Kier molecular flexibility index (Phi) is 3.43. The summed E-state index contributed by atoms with van der Waals surface area (Å²) in [5.74, 6) is 0.993. The lowest BCUT2D eigenvalue weighted by atomic mass is 10.1. The number of hydrogen-bond acceptors (Lipinski definition) is 6. The summed E-state index contributed by atoms with van der Waals surface area (Å²) in [6, 6.07) is 0. The zero-order valence-corrected chi connectivity index (χ0v) is 11.9. The van der Waals surface area contributed by atoms with Gasteiger partial charge in [0.15, 0.2) is 5.65 Å². The van der Waals surface area contributed by atoms with Crippen molar-refractivity contribution < 1.29 is 4.74 Å². The summed E-state index contributed by atoms with van der Waals surface area (Å²) < 4.78 is 7.86. The van der Waals surface area contributed by atoms with E-state index in [4.69, 9.17) is 10.5 Å². The molecule has 1 aliphatic rings. The number of aryl methyl sites for hydroxylation is 1. The number of fused-ring (bicyclic) bond motifs is 1. The third kappa shape index (κ3) is 2.29. The van der Waals surface area contributed by atoms with Gasteiger partial charge in [0.25, 0.3) is 0 Å². The van der Waals surface area contributed by atoms with Crippen LogP contribution in [0.5, 0.6) is 5.88 Å². The number of hydrogen-bond donors (Lipinski definition) is 1. The summed E-state index contributed by atoms with van der Waals surface area (Å²) >= 11 is 0. The van der Waals surface area contributed by atoms with Gasteiger partial charge in [-0.1, -0.05) is 0 Å². The van der Waals surface area contributed by atoms with E-state index in [1.54, 1.807) is 4.68 Å². The molecule has 2 N–H and O–H groups in total. The lowest BCUT2D eigenvalue weighted by Crippen LogP contribution is -2.35. The molecule has 0 radical (unpaired) electrons. The second-order valence-corrected chi connectivity index (χ2v) is 5.20. The van der Waals surface area contributed by atoms with Crippen molar-refractivity contribution in [1.29, 1.82) is 0 Å². The van der Waals surface area contributed by atoms with Crippen LogP contribution in [0, 0.1) is 0 Å². The van der Waals surface area contributed by atoms with Crippen molar-refractivity contribution in [3.8, 4) is 5.88 Å². The predicted molar refractivity (Wildman–Crippen MR) is 76.6 cm³/mol. The highest BCUT2D eigenvalue weighted by atomic mass is 16.5. The summed E-state index contributed by atoms with van der Waals surface area (Å²) in [5.41, 5.74) is 6.70. The lowest BCUT2D eigenvalue weighted by molar-refractivity contribution is 0.110. The fraction of sp³-hybridized carbons (Fsp3) is 0.615. The first-order chi connectivity index (χ1) is 9.69. The molecule has 1 aliphatic heterocycles. The molecule has 20 heavy (non-hydrogen) atoms. The smallest absolute Gasteiger partial charge is 0.246 e. The van der Waals surface area contributed by atoms with Crippen molar-refractivity contribution in [2.24, 2.45) is 0 Å². The SMILES string of the molecule is CCn1nc(OC2CCN(C)CC2)c2c(N)ncnc21. The zero-order chi connectivity index (χ0) is 14.1. The average Bonchev–Trinajstić information content (AvgIpc) is 2.81. The van der Waals surface area contributed by atoms with Crippen LogP contribution < -0.4 is 10.5 Å². The van der Waals surface area contributed by atoms with E-state index in [1.165, 1.54) is 6.33 Å². The molecule has 0 saturated carbocycles. The summed E-state index contributed by atoms with van der Waals surface area (Å²) in [7, 11) is 2.13. The molecular formula is C13H20N6O. The molecule has 0 bridgehead atoms. The molecule has 0 atom stereocenters. The average molecular weight is 276 g/mol. The highest BCUT2D eigenvalue weighted by Gasteiger charge is 2.22. The fourth-order valence-electron chi connectivity index (χ4n) is 2.56. The number of nitrogen functional groups attached to an aromatic ring is 1. The van der Waals surface area contributed by atoms with Gasteiger partial charge in [0.2, 0.25) is 5.88 Å². The van der Waals surface area contributed by atoms with Gasteiger partial charge in [-0.15, -0.1) is 5.10 Å². The van der Waals surface area contributed by atoms with Gasteiger partial charge >= 0.3 is 0 Å². The number of nitrogens with zero attached hydrogens (tertiary/aromatic N) is 5. The Balaban J connectivity index is 1.91. The van der Waals surface area contributed by atoms with E-state index in [0.29, 0.717) is 11.7 Å². The molecule has 0 unspecified atom stereocenters. The number of anilines is 1. The van der Waals surface area contributed by atoms with Crippen LogP contribution in [-0.2, 0) is 6.54 Å². The first-order valence-electron chi connectivity index (χ1n) is 7.01. The maximum absolute atomic E-state index is 6.06. The third-order valence-corrected chi connectivity index (χ3v) is 3.77.